The van der Waals surface area contributed by atoms with E-state index < -0.39 is 24.0 Å². The number of ether oxygens (including phenoxy) is 2. The van der Waals surface area contributed by atoms with E-state index in [-0.39, 0.29) is 13.2 Å². The van der Waals surface area contributed by atoms with Crippen molar-refractivity contribution in [1.29, 1.82) is 0 Å². The minimum atomic E-state index is -0.684. The van der Waals surface area contributed by atoms with Crippen LogP contribution in [0.5, 0.6) is 0 Å². The van der Waals surface area contributed by atoms with Crippen LogP contribution in [0, 0.1) is 0 Å². The van der Waals surface area contributed by atoms with Crippen LogP contribution < -0.4 is 11.5 Å². The molecule has 2 rings (SSSR count). The summed E-state index contributed by atoms with van der Waals surface area (Å²) in [5.74, 6) is -0.850. The first-order chi connectivity index (χ1) is 13.6. The molecule has 2 aromatic rings. The van der Waals surface area contributed by atoms with Crippen LogP contribution in [-0.4, -0.2) is 37.2 Å². The van der Waals surface area contributed by atoms with Gasteiger partial charge in [-0.1, -0.05) is 60.7 Å². The molecule has 0 amide bonds. The topological polar surface area (TPSA) is 105 Å². The normalized spacial score (nSPS) is 12.8. The fourth-order valence-electron chi connectivity index (χ4n) is 2.67. The van der Waals surface area contributed by atoms with Gasteiger partial charge in [-0.3, -0.25) is 9.59 Å². The van der Waals surface area contributed by atoms with E-state index in [0.717, 1.165) is 11.1 Å². The Labute approximate surface area is 165 Å². The van der Waals surface area contributed by atoms with Crippen LogP contribution in [0.4, 0.5) is 0 Å². The van der Waals surface area contributed by atoms with Crippen molar-refractivity contribution in [3.05, 3.63) is 71.8 Å². The van der Waals surface area contributed by atoms with Gasteiger partial charge in [-0.15, -0.1) is 0 Å². The quantitative estimate of drug-likeness (QED) is 0.453. The van der Waals surface area contributed by atoms with Crippen LogP contribution in [0.1, 0.15) is 24.0 Å². The van der Waals surface area contributed by atoms with Crippen LogP contribution in [0.25, 0.3) is 0 Å². The first kappa shape index (κ1) is 21.6. The minimum Gasteiger partial charge on any atom is -0.465 e. The third-order valence-electron chi connectivity index (χ3n) is 4.23. The van der Waals surface area contributed by atoms with E-state index in [1.54, 1.807) is 0 Å². The molecule has 0 aliphatic rings. The molecule has 0 heterocycles. The van der Waals surface area contributed by atoms with Gasteiger partial charge < -0.3 is 20.9 Å². The van der Waals surface area contributed by atoms with Gasteiger partial charge in [0, 0.05) is 0 Å². The molecule has 0 saturated carbocycles. The number of carbonyl (C=O) groups excluding carboxylic acids is 2. The van der Waals surface area contributed by atoms with E-state index in [4.69, 9.17) is 20.9 Å². The maximum absolute atomic E-state index is 11.9. The second-order valence-corrected chi connectivity index (χ2v) is 6.63. The summed E-state index contributed by atoms with van der Waals surface area (Å²) in [7, 11) is 0. The van der Waals surface area contributed by atoms with Gasteiger partial charge in [0.25, 0.3) is 0 Å². The number of rotatable bonds is 11. The lowest BCUT2D eigenvalue weighted by Crippen LogP contribution is -2.35. The Kier molecular flexibility index (Phi) is 9.18. The first-order valence-corrected chi connectivity index (χ1v) is 9.48. The molecule has 28 heavy (non-hydrogen) atoms. The highest BCUT2D eigenvalue weighted by atomic mass is 16.5. The van der Waals surface area contributed by atoms with Gasteiger partial charge in [0.05, 0.1) is 13.2 Å². The molecule has 2 aromatic carbocycles. The molecule has 6 nitrogen and oxygen atoms in total. The fourth-order valence-corrected chi connectivity index (χ4v) is 2.67. The van der Waals surface area contributed by atoms with E-state index >= 15 is 0 Å². The molecule has 0 radical (unpaired) electrons. The summed E-state index contributed by atoms with van der Waals surface area (Å²) >= 11 is 0. The SMILES string of the molecule is N[C@@H](Cc1ccccc1)C(=O)OCCCCOC(=O)[C@@H](N)Cc1ccccc1. The van der Waals surface area contributed by atoms with Gasteiger partial charge in [-0.25, -0.2) is 0 Å². The van der Waals surface area contributed by atoms with Gasteiger partial charge in [0.1, 0.15) is 12.1 Å². The third kappa shape index (κ3) is 7.90. The lowest BCUT2D eigenvalue weighted by atomic mass is 10.1. The Morgan fingerprint density at radius 2 is 1.04 bits per heavy atom. The number of benzene rings is 2. The van der Waals surface area contributed by atoms with Crippen molar-refractivity contribution in [1.82, 2.24) is 0 Å². The van der Waals surface area contributed by atoms with Gasteiger partial charge >= 0.3 is 11.9 Å². The van der Waals surface area contributed by atoms with Crippen LogP contribution in [-0.2, 0) is 31.9 Å². The van der Waals surface area contributed by atoms with Crippen LogP contribution in [0.15, 0.2) is 60.7 Å². The maximum atomic E-state index is 11.9. The molecule has 0 aliphatic carbocycles. The predicted octanol–water partition coefficient (Wildman–Crippen LogP) is 1.99. The second kappa shape index (κ2) is 11.9. The summed E-state index contributed by atoms with van der Waals surface area (Å²) in [5, 5.41) is 0. The Balaban J connectivity index is 1.55. The highest BCUT2D eigenvalue weighted by Crippen LogP contribution is 2.05. The highest BCUT2D eigenvalue weighted by Gasteiger charge is 2.16. The lowest BCUT2D eigenvalue weighted by Gasteiger charge is -2.13. The van der Waals surface area contributed by atoms with E-state index in [2.05, 4.69) is 0 Å². The smallest absolute Gasteiger partial charge is 0.323 e. The zero-order chi connectivity index (χ0) is 20.2. The van der Waals surface area contributed by atoms with E-state index in [1.807, 2.05) is 60.7 Å². The molecule has 6 heteroatoms. The molecule has 0 saturated heterocycles. The summed E-state index contributed by atoms with van der Waals surface area (Å²) < 4.78 is 10.4. The van der Waals surface area contributed by atoms with Crippen molar-refractivity contribution in [3.63, 3.8) is 0 Å². The van der Waals surface area contributed by atoms with E-state index in [9.17, 15) is 9.59 Å². The Hall–Kier alpha value is -2.70. The molecule has 150 valence electrons. The molecular weight excluding hydrogens is 356 g/mol. The number of carbonyl (C=O) groups is 2. The molecular formula is C22H28N2O4. The van der Waals surface area contributed by atoms with Crippen molar-refractivity contribution < 1.29 is 19.1 Å². The van der Waals surface area contributed by atoms with Gasteiger partial charge in [0.15, 0.2) is 0 Å². The van der Waals surface area contributed by atoms with E-state index in [0.29, 0.717) is 25.7 Å². The van der Waals surface area contributed by atoms with Crippen molar-refractivity contribution in [2.75, 3.05) is 13.2 Å². The molecule has 4 N–H and O–H groups in total. The molecule has 0 aliphatic heterocycles. The van der Waals surface area contributed by atoms with Crippen LogP contribution in [0.2, 0.25) is 0 Å². The predicted molar refractivity (Wildman–Crippen MR) is 107 cm³/mol. The van der Waals surface area contributed by atoms with Crippen molar-refractivity contribution >= 4 is 11.9 Å². The van der Waals surface area contributed by atoms with Crippen molar-refractivity contribution in [3.8, 4) is 0 Å². The lowest BCUT2D eigenvalue weighted by molar-refractivity contribution is -0.147. The monoisotopic (exact) mass is 384 g/mol. The summed E-state index contributed by atoms with van der Waals surface area (Å²) in [6.07, 6.45) is 2.06. The minimum absolute atomic E-state index is 0.245. The number of hydrogen-bond acceptors (Lipinski definition) is 6. The Morgan fingerprint density at radius 1 is 0.679 bits per heavy atom. The van der Waals surface area contributed by atoms with Gasteiger partial charge in [0.2, 0.25) is 0 Å². The number of hydrogen-bond donors (Lipinski definition) is 2. The Morgan fingerprint density at radius 3 is 1.39 bits per heavy atom. The van der Waals surface area contributed by atoms with Crippen molar-refractivity contribution in [2.45, 2.75) is 37.8 Å². The number of esters is 2. The van der Waals surface area contributed by atoms with Crippen molar-refractivity contribution in [2.24, 2.45) is 11.5 Å². The van der Waals surface area contributed by atoms with Crippen LogP contribution >= 0.6 is 0 Å². The molecule has 0 spiro atoms. The molecule has 0 fully saturated rings. The maximum Gasteiger partial charge on any atom is 0.323 e. The highest BCUT2D eigenvalue weighted by molar-refractivity contribution is 5.76. The van der Waals surface area contributed by atoms with E-state index in [1.165, 1.54) is 0 Å². The summed E-state index contributed by atoms with van der Waals surface area (Å²) in [6.45, 7) is 0.490. The summed E-state index contributed by atoms with van der Waals surface area (Å²) in [6, 6.07) is 17.8. The molecule has 2 atom stereocenters. The number of nitrogens with two attached hydrogens (primary N) is 2. The fraction of sp³-hybridized carbons (Fsp3) is 0.364. The standard InChI is InChI=1S/C22H28N2O4/c23-19(15-17-9-3-1-4-10-17)21(25)27-13-7-8-14-28-22(26)20(24)16-18-11-5-2-6-12-18/h1-6,9-12,19-20H,7-8,13-16,23-24H2/t19-,20-/m0/s1. The Bertz CT molecular complexity index is 658. The average molecular weight is 384 g/mol. The van der Waals surface area contributed by atoms with Gasteiger partial charge in [-0.05, 0) is 36.8 Å². The molecule has 0 aromatic heterocycles. The third-order valence-corrected chi connectivity index (χ3v) is 4.23. The zero-order valence-electron chi connectivity index (χ0n) is 16.0. The van der Waals surface area contributed by atoms with Crippen LogP contribution in [0.3, 0.4) is 0 Å². The molecule has 0 unspecified atom stereocenters. The first-order valence-electron chi connectivity index (χ1n) is 9.48. The van der Waals surface area contributed by atoms with Gasteiger partial charge in [-0.2, -0.15) is 0 Å². The largest absolute Gasteiger partial charge is 0.465 e. The zero-order valence-corrected chi connectivity index (χ0v) is 16.0. The second-order valence-electron chi connectivity index (χ2n) is 6.63. The summed E-state index contributed by atoms with van der Waals surface area (Å²) in [5.41, 5.74) is 13.7. The number of unbranched alkanes of at least 4 members (excludes halogenated alkanes) is 1. The average Bonchev–Trinajstić information content (AvgIpc) is 2.71. The molecule has 0 bridgehead atoms. The summed E-state index contributed by atoms with van der Waals surface area (Å²) in [4.78, 5) is 23.8.